The van der Waals surface area contributed by atoms with Crippen LogP contribution in [-0.2, 0) is 6.54 Å². The summed E-state index contributed by atoms with van der Waals surface area (Å²) in [6.07, 6.45) is 0.875. The molecular formula is C17H13ClFNO. The van der Waals surface area contributed by atoms with E-state index in [0.29, 0.717) is 17.1 Å². The van der Waals surface area contributed by atoms with Gasteiger partial charge in [-0.3, -0.25) is 4.79 Å². The Bertz CT molecular complexity index is 838. The molecule has 0 saturated carbocycles. The number of nitrogens with zero attached hydrogens (tertiary/aromatic N) is 1. The van der Waals surface area contributed by atoms with Crippen molar-refractivity contribution in [3.63, 3.8) is 0 Å². The van der Waals surface area contributed by atoms with Crippen LogP contribution in [0.25, 0.3) is 10.9 Å². The number of benzene rings is 2. The Balaban J connectivity index is 2.16. The van der Waals surface area contributed by atoms with Crippen LogP contribution >= 0.6 is 11.6 Å². The number of hydrogen-bond donors (Lipinski definition) is 0. The highest BCUT2D eigenvalue weighted by atomic mass is 35.5. The third-order valence-electron chi connectivity index (χ3n) is 3.74. The van der Waals surface area contributed by atoms with Gasteiger partial charge in [0.25, 0.3) is 0 Å². The number of carbonyl (C=O) groups is 1. The lowest BCUT2D eigenvalue weighted by Gasteiger charge is -2.10. The zero-order valence-electron chi connectivity index (χ0n) is 11.4. The number of aromatic nitrogens is 1. The molecule has 0 unspecified atom stereocenters. The molecule has 1 heterocycles. The maximum Gasteiger partial charge on any atom is 0.152 e. The Labute approximate surface area is 126 Å². The predicted molar refractivity (Wildman–Crippen MR) is 82.6 cm³/mol. The molecule has 0 radical (unpaired) electrons. The molecule has 21 heavy (non-hydrogen) atoms. The summed E-state index contributed by atoms with van der Waals surface area (Å²) in [5.41, 5.74) is 3.35. The van der Waals surface area contributed by atoms with E-state index in [1.54, 1.807) is 6.07 Å². The van der Waals surface area contributed by atoms with Crippen LogP contribution in [-0.4, -0.2) is 10.9 Å². The van der Waals surface area contributed by atoms with E-state index in [1.807, 2.05) is 35.8 Å². The number of aldehydes is 1. The molecule has 0 spiro atoms. The molecule has 106 valence electrons. The van der Waals surface area contributed by atoms with E-state index in [-0.39, 0.29) is 5.82 Å². The topological polar surface area (TPSA) is 22.0 Å². The van der Waals surface area contributed by atoms with Gasteiger partial charge in [0.05, 0.1) is 0 Å². The Morgan fingerprint density at radius 3 is 2.71 bits per heavy atom. The molecule has 2 nitrogen and oxygen atoms in total. The summed E-state index contributed by atoms with van der Waals surface area (Å²) in [6.45, 7) is 2.40. The zero-order chi connectivity index (χ0) is 15.0. The second kappa shape index (κ2) is 5.34. The van der Waals surface area contributed by atoms with Crippen molar-refractivity contribution in [1.29, 1.82) is 0 Å². The first kappa shape index (κ1) is 13.8. The SMILES string of the molecule is Cc1c(C=O)c2ccccc2n1Cc1ccc(F)cc1Cl. The van der Waals surface area contributed by atoms with E-state index in [1.165, 1.54) is 12.1 Å². The average Bonchev–Trinajstić information content (AvgIpc) is 2.74. The maximum absolute atomic E-state index is 13.1. The lowest BCUT2D eigenvalue weighted by molar-refractivity contribution is 0.112. The van der Waals surface area contributed by atoms with Crippen LogP contribution in [0.15, 0.2) is 42.5 Å². The van der Waals surface area contributed by atoms with Gasteiger partial charge >= 0.3 is 0 Å². The molecule has 0 bridgehead atoms. The number of para-hydroxylation sites is 1. The maximum atomic E-state index is 13.1. The normalized spacial score (nSPS) is 11.0. The third-order valence-corrected chi connectivity index (χ3v) is 4.09. The van der Waals surface area contributed by atoms with Gasteiger partial charge < -0.3 is 4.57 Å². The molecule has 1 aromatic heterocycles. The minimum absolute atomic E-state index is 0.355. The zero-order valence-corrected chi connectivity index (χ0v) is 12.2. The first-order valence-corrected chi connectivity index (χ1v) is 6.96. The van der Waals surface area contributed by atoms with Gasteiger partial charge in [-0.2, -0.15) is 0 Å². The number of hydrogen-bond acceptors (Lipinski definition) is 1. The van der Waals surface area contributed by atoms with Gasteiger partial charge in [-0.15, -0.1) is 0 Å². The van der Waals surface area contributed by atoms with E-state index in [9.17, 15) is 9.18 Å². The summed E-state index contributed by atoms with van der Waals surface area (Å²) in [5, 5.41) is 1.31. The van der Waals surface area contributed by atoms with Gasteiger partial charge in [-0.1, -0.05) is 35.9 Å². The van der Waals surface area contributed by atoms with Crippen LogP contribution in [0.4, 0.5) is 4.39 Å². The molecule has 0 amide bonds. The highest BCUT2D eigenvalue weighted by Crippen LogP contribution is 2.27. The molecule has 4 heteroatoms. The van der Waals surface area contributed by atoms with E-state index < -0.39 is 0 Å². The molecule has 0 aliphatic carbocycles. The fraction of sp³-hybridized carbons (Fsp3) is 0.118. The molecule has 0 aliphatic rings. The number of halogens is 2. The first-order chi connectivity index (χ1) is 10.1. The molecule has 0 aliphatic heterocycles. The summed E-state index contributed by atoms with van der Waals surface area (Å²) in [6, 6.07) is 12.1. The Hall–Kier alpha value is -2.13. The van der Waals surface area contributed by atoms with Crippen molar-refractivity contribution < 1.29 is 9.18 Å². The van der Waals surface area contributed by atoms with Crippen molar-refractivity contribution in [1.82, 2.24) is 4.57 Å². The molecule has 0 saturated heterocycles. The van der Waals surface area contributed by atoms with Crippen LogP contribution in [0.5, 0.6) is 0 Å². The summed E-state index contributed by atoms with van der Waals surface area (Å²) >= 11 is 6.10. The molecule has 2 aromatic carbocycles. The predicted octanol–water partition coefficient (Wildman–Crippen LogP) is 4.60. The quantitative estimate of drug-likeness (QED) is 0.648. The Morgan fingerprint density at radius 1 is 1.24 bits per heavy atom. The molecule has 3 aromatic rings. The fourth-order valence-electron chi connectivity index (χ4n) is 2.63. The lowest BCUT2D eigenvalue weighted by Crippen LogP contribution is -2.03. The minimum Gasteiger partial charge on any atom is -0.340 e. The fourth-order valence-corrected chi connectivity index (χ4v) is 2.86. The Kier molecular flexibility index (Phi) is 3.52. The van der Waals surface area contributed by atoms with Crippen LogP contribution in [0.1, 0.15) is 21.6 Å². The second-order valence-electron chi connectivity index (χ2n) is 4.96. The monoisotopic (exact) mass is 301 g/mol. The first-order valence-electron chi connectivity index (χ1n) is 6.58. The van der Waals surface area contributed by atoms with Crippen molar-refractivity contribution in [2.45, 2.75) is 13.5 Å². The smallest absolute Gasteiger partial charge is 0.152 e. The van der Waals surface area contributed by atoms with Crippen LogP contribution in [0.2, 0.25) is 5.02 Å². The van der Waals surface area contributed by atoms with Crippen LogP contribution < -0.4 is 0 Å². The van der Waals surface area contributed by atoms with E-state index in [0.717, 1.165) is 28.4 Å². The third kappa shape index (κ3) is 2.34. The summed E-state index contributed by atoms with van der Waals surface area (Å²) in [5.74, 6) is -0.355. The van der Waals surface area contributed by atoms with Gasteiger partial charge in [0, 0.05) is 33.7 Å². The van der Waals surface area contributed by atoms with Crippen molar-refractivity contribution in [2.24, 2.45) is 0 Å². The second-order valence-corrected chi connectivity index (χ2v) is 5.36. The highest BCUT2D eigenvalue weighted by molar-refractivity contribution is 6.31. The van der Waals surface area contributed by atoms with Gasteiger partial charge in [-0.25, -0.2) is 4.39 Å². The van der Waals surface area contributed by atoms with Crippen LogP contribution in [0, 0.1) is 12.7 Å². The van der Waals surface area contributed by atoms with E-state index in [2.05, 4.69) is 0 Å². The summed E-state index contributed by atoms with van der Waals surface area (Å²) < 4.78 is 15.2. The van der Waals surface area contributed by atoms with Crippen molar-refractivity contribution >= 4 is 28.8 Å². The highest BCUT2D eigenvalue weighted by Gasteiger charge is 2.14. The summed E-state index contributed by atoms with van der Waals surface area (Å²) in [4.78, 5) is 11.3. The van der Waals surface area contributed by atoms with E-state index >= 15 is 0 Å². The standard InChI is InChI=1S/C17H13ClFNO/c1-11-15(10-21)14-4-2-3-5-17(14)20(11)9-12-6-7-13(19)8-16(12)18/h2-8,10H,9H2,1H3. The van der Waals surface area contributed by atoms with Crippen molar-refractivity contribution in [3.8, 4) is 0 Å². The van der Waals surface area contributed by atoms with Gasteiger partial charge in [0.2, 0.25) is 0 Å². The lowest BCUT2D eigenvalue weighted by atomic mass is 10.1. The van der Waals surface area contributed by atoms with Crippen molar-refractivity contribution in [2.75, 3.05) is 0 Å². The van der Waals surface area contributed by atoms with Gasteiger partial charge in [0.1, 0.15) is 5.82 Å². The van der Waals surface area contributed by atoms with Gasteiger partial charge in [0.15, 0.2) is 6.29 Å². The molecule has 3 rings (SSSR count). The van der Waals surface area contributed by atoms with Crippen LogP contribution in [0.3, 0.4) is 0 Å². The molecule has 0 fully saturated rings. The van der Waals surface area contributed by atoms with Gasteiger partial charge in [-0.05, 0) is 30.7 Å². The van der Waals surface area contributed by atoms with Crippen molar-refractivity contribution in [3.05, 3.63) is 70.1 Å². The number of carbonyl (C=O) groups excluding carboxylic acids is 1. The minimum atomic E-state index is -0.355. The Morgan fingerprint density at radius 2 is 2.00 bits per heavy atom. The molecule has 0 atom stereocenters. The summed E-state index contributed by atoms with van der Waals surface area (Å²) in [7, 11) is 0. The number of fused-ring (bicyclic) bond motifs is 1. The van der Waals surface area contributed by atoms with E-state index in [4.69, 9.17) is 11.6 Å². The molecular weight excluding hydrogens is 289 g/mol. The molecule has 0 N–H and O–H groups in total. The largest absolute Gasteiger partial charge is 0.340 e. The average molecular weight is 302 g/mol. The number of rotatable bonds is 3.